The van der Waals surface area contributed by atoms with Crippen molar-refractivity contribution < 1.29 is 18.0 Å². The lowest BCUT2D eigenvalue weighted by Gasteiger charge is -2.31. The fourth-order valence-corrected chi connectivity index (χ4v) is 4.90. The van der Waals surface area contributed by atoms with Gasteiger partial charge in [-0.15, -0.1) is 0 Å². The molecule has 29 heavy (non-hydrogen) atoms. The second kappa shape index (κ2) is 12.0. The van der Waals surface area contributed by atoms with Crippen molar-refractivity contribution in [1.82, 2.24) is 10.2 Å². The first-order valence-corrected chi connectivity index (χ1v) is 12.5. The first kappa shape index (κ1) is 23.4. The SMILES string of the molecule is CCCCCNC(=O)C1CCN(C(=O)CS(=O)(=O)CCCc2ccccc2)CC1. The largest absolute Gasteiger partial charge is 0.356 e. The fraction of sp³-hybridized carbons (Fsp3) is 0.636. The van der Waals surface area contributed by atoms with Crippen LogP contribution in [0.3, 0.4) is 0 Å². The summed E-state index contributed by atoms with van der Waals surface area (Å²) >= 11 is 0. The summed E-state index contributed by atoms with van der Waals surface area (Å²) in [5, 5.41) is 2.97. The zero-order valence-electron chi connectivity index (χ0n) is 17.4. The van der Waals surface area contributed by atoms with E-state index in [1.165, 1.54) is 0 Å². The standard InChI is InChI=1S/C22H34N2O4S/c1-2-3-7-14-23-22(26)20-12-15-24(16-13-20)21(25)18-29(27,28)17-8-11-19-9-5-4-6-10-19/h4-6,9-10,20H,2-3,7-8,11-18H2,1H3,(H,23,26). The van der Waals surface area contributed by atoms with Crippen molar-refractivity contribution in [2.75, 3.05) is 31.1 Å². The molecule has 0 spiro atoms. The Balaban J connectivity index is 1.69. The van der Waals surface area contributed by atoms with E-state index in [9.17, 15) is 18.0 Å². The van der Waals surface area contributed by atoms with Crippen molar-refractivity contribution >= 4 is 21.7 Å². The fourth-order valence-electron chi connectivity index (χ4n) is 3.61. The van der Waals surface area contributed by atoms with E-state index in [2.05, 4.69) is 12.2 Å². The van der Waals surface area contributed by atoms with Crippen molar-refractivity contribution in [3.8, 4) is 0 Å². The van der Waals surface area contributed by atoms with E-state index in [4.69, 9.17) is 0 Å². The molecule has 6 nitrogen and oxygen atoms in total. The highest BCUT2D eigenvalue weighted by Crippen LogP contribution is 2.18. The number of hydrogen-bond donors (Lipinski definition) is 1. The molecule has 162 valence electrons. The lowest BCUT2D eigenvalue weighted by Crippen LogP contribution is -2.45. The number of benzene rings is 1. The van der Waals surface area contributed by atoms with Crippen molar-refractivity contribution in [3.63, 3.8) is 0 Å². The first-order chi connectivity index (χ1) is 13.9. The number of amides is 2. The number of likely N-dealkylation sites (tertiary alicyclic amines) is 1. The van der Waals surface area contributed by atoms with Gasteiger partial charge in [0.05, 0.1) is 5.75 Å². The maximum atomic E-state index is 12.4. The predicted octanol–water partition coefficient (Wildman–Crippen LogP) is 2.58. The van der Waals surface area contributed by atoms with Gasteiger partial charge >= 0.3 is 0 Å². The molecule has 0 aromatic heterocycles. The van der Waals surface area contributed by atoms with Crippen LogP contribution in [0, 0.1) is 5.92 Å². The van der Waals surface area contributed by atoms with E-state index in [0.717, 1.165) is 24.8 Å². The van der Waals surface area contributed by atoms with Gasteiger partial charge in [-0.3, -0.25) is 9.59 Å². The second-order valence-corrected chi connectivity index (χ2v) is 10.0. The lowest BCUT2D eigenvalue weighted by molar-refractivity contribution is -0.133. The Labute approximate surface area is 175 Å². The number of aryl methyl sites for hydroxylation is 1. The zero-order chi connectivity index (χ0) is 21.1. The molecule has 0 unspecified atom stereocenters. The highest BCUT2D eigenvalue weighted by atomic mass is 32.2. The molecule has 0 bridgehead atoms. The van der Waals surface area contributed by atoms with Gasteiger partial charge in [-0.05, 0) is 37.7 Å². The van der Waals surface area contributed by atoms with Gasteiger partial charge in [0.1, 0.15) is 5.75 Å². The number of rotatable bonds is 11. The Hall–Kier alpha value is -1.89. The molecule has 0 atom stereocenters. The Kier molecular flexibility index (Phi) is 9.64. The molecular weight excluding hydrogens is 388 g/mol. The summed E-state index contributed by atoms with van der Waals surface area (Å²) in [4.78, 5) is 26.2. The van der Waals surface area contributed by atoms with Crippen molar-refractivity contribution in [1.29, 1.82) is 0 Å². The molecule has 2 amide bonds. The number of sulfone groups is 1. The van der Waals surface area contributed by atoms with Crippen molar-refractivity contribution in [3.05, 3.63) is 35.9 Å². The van der Waals surface area contributed by atoms with Gasteiger partial charge in [-0.25, -0.2) is 8.42 Å². The van der Waals surface area contributed by atoms with Crippen molar-refractivity contribution in [2.45, 2.75) is 51.9 Å². The number of carbonyl (C=O) groups is 2. The van der Waals surface area contributed by atoms with Crippen LogP contribution in [0.2, 0.25) is 0 Å². The van der Waals surface area contributed by atoms with Crippen LogP contribution in [0.1, 0.15) is 51.0 Å². The van der Waals surface area contributed by atoms with E-state index in [1.807, 2.05) is 30.3 Å². The van der Waals surface area contributed by atoms with Gasteiger partial charge < -0.3 is 10.2 Å². The molecule has 1 aromatic carbocycles. The predicted molar refractivity (Wildman–Crippen MR) is 115 cm³/mol. The maximum absolute atomic E-state index is 12.4. The summed E-state index contributed by atoms with van der Waals surface area (Å²) in [7, 11) is -3.42. The molecule has 0 aliphatic carbocycles. The molecule has 2 rings (SSSR count). The Morgan fingerprint density at radius 3 is 2.41 bits per heavy atom. The number of unbranched alkanes of at least 4 members (excludes halogenated alkanes) is 2. The molecule has 1 aliphatic heterocycles. The lowest BCUT2D eigenvalue weighted by atomic mass is 9.96. The van der Waals surface area contributed by atoms with E-state index in [1.54, 1.807) is 4.90 Å². The van der Waals surface area contributed by atoms with Gasteiger partial charge in [0, 0.05) is 25.6 Å². The molecular formula is C22H34N2O4S. The Bertz CT molecular complexity index is 741. The summed E-state index contributed by atoms with van der Waals surface area (Å²) in [6.07, 6.45) is 5.60. The van der Waals surface area contributed by atoms with Crippen LogP contribution in [0.4, 0.5) is 0 Å². The molecule has 1 saturated heterocycles. The summed E-state index contributed by atoms with van der Waals surface area (Å²) in [5.74, 6) is -0.781. The zero-order valence-corrected chi connectivity index (χ0v) is 18.3. The highest BCUT2D eigenvalue weighted by molar-refractivity contribution is 7.92. The molecule has 1 N–H and O–H groups in total. The van der Waals surface area contributed by atoms with Crippen LogP contribution in [-0.2, 0) is 25.8 Å². The van der Waals surface area contributed by atoms with Crippen LogP contribution >= 0.6 is 0 Å². The molecule has 0 saturated carbocycles. The minimum atomic E-state index is -3.42. The van der Waals surface area contributed by atoms with E-state index in [-0.39, 0.29) is 23.5 Å². The van der Waals surface area contributed by atoms with Crippen LogP contribution in [0.25, 0.3) is 0 Å². The summed E-state index contributed by atoms with van der Waals surface area (Å²) < 4.78 is 24.6. The van der Waals surface area contributed by atoms with E-state index in [0.29, 0.717) is 45.3 Å². The normalized spacial score (nSPS) is 15.3. The summed E-state index contributed by atoms with van der Waals surface area (Å²) in [6.45, 7) is 3.72. The Morgan fingerprint density at radius 1 is 1.07 bits per heavy atom. The topological polar surface area (TPSA) is 83.6 Å². The first-order valence-electron chi connectivity index (χ1n) is 10.7. The van der Waals surface area contributed by atoms with Crippen LogP contribution < -0.4 is 5.32 Å². The van der Waals surface area contributed by atoms with E-state index < -0.39 is 15.6 Å². The Morgan fingerprint density at radius 2 is 1.76 bits per heavy atom. The maximum Gasteiger partial charge on any atom is 0.237 e. The monoisotopic (exact) mass is 422 g/mol. The average molecular weight is 423 g/mol. The van der Waals surface area contributed by atoms with Gasteiger partial charge in [-0.1, -0.05) is 50.1 Å². The minimum Gasteiger partial charge on any atom is -0.356 e. The van der Waals surface area contributed by atoms with E-state index >= 15 is 0 Å². The third-order valence-corrected chi connectivity index (χ3v) is 7.00. The third kappa shape index (κ3) is 8.56. The molecule has 1 fully saturated rings. The van der Waals surface area contributed by atoms with Gasteiger partial charge in [0.25, 0.3) is 0 Å². The molecule has 1 aromatic rings. The minimum absolute atomic E-state index is 0.0181. The highest BCUT2D eigenvalue weighted by Gasteiger charge is 2.29. The van der Waals surface area contributed by atoms with Crippen molar-refractivity contribution in [2.24, 2.45) is 5.92 Å². The van der Waals surface area contributed by atoms with Crippen LogP contribution in [0.15, 0.2) is 30.3 Å². The third-order valence-electron chi connectivity index (χ3n) is 5.41. The van der Waals surface area contributed by atoms with Gasteiger partial charge in [0.15, 0.2) is 9.84 Å². The molecule has 1 heterocycles. The molecule has 1 aliphatic rings. The number of nitrogens with zero attached hydrogens (tertiary/aromatic N) is 1. The van der Waals surface area contributed by atoms with Crippen LogP contribution in [0.5, 0.6) is 0 Å². The second-order valence-electron chi connectivity index (χ2n) is 7.83. The van der Waals surface area contributed by atoms with Crippen LogP contribution in [-0.4, -0.2) is 56.3 Å². The quantitative estimate of drug-likeness (QED) is 0.556. The summed E-state index contributed by atoms with van der Waals surface area (Å²) in [6, 6.07) is 9.74. The molecule has 0 radical (unpaired) electrons. The van der Waals surface area contributed by atoms with Gasteiger partial charge in [0.2, 0.25) is 11.8 Å². The number of carbonyl (C=O) groups excluding carboxylic acids is 2. The molecule has 7 heteroatoms. The summed E-state index contributed by atoms with van der Waals surface area (Å²) in [5.41, 5.74) is 1.10. The number of piperidine rings is 1. The number of hydrogen-bond acceptors (Lipinski definition) is 4. The average Bonchev–Trinajstić information content (AvgIpc) is 2.71. The van der Waals surface area contributed by atoms with Gasteiger partial charge in [-0.2, -0.15) is 0 Å². The number of nitrogens with one attached hydrogen (secondary N) is 1. The smallest absolute Gasteiger partial charge is 0.237 e.